The highest BCUT2D eigenvalue weighted by Crippen LogP contribution is 2.35. The summed E-state index contributed by atoms with van der Waals surface area (Å²) in [7, 11) is 0. The van der Waals surface area contributed by atoms with E-state index in [1.807, 2.05) is 12.5 Å². The Bertz CT molecular complexity index is 768. The fraction of sp³-hybridized carbons (Fsp3) is 0.438. The number of nitrogens with zero attached hydrogens (tertiary/aromatic N) is 3. The number of aromatic nitrogens is 3. The van der Waals surface area contributed by atoms with Gasteiger partial charge in [-0.2, -0.15) is 0 Å². The Hall–Kier alpha value is -2.17. The smallest absolute Gasteiger partial charge is 0.251 e. The van der Waals surface area contributed by atoms with Gasteiger partial charge in [-0.25, -0.2) is 4.98 Å². The van der Waals surface area contributed by atoms with Crippen molar-refractivity contribution in [3.8, 4) is 0 Å². The molecule has 0 amide bonds. The number of hydrogen-bond acceptors (Lipinski definition) is 3. The van der Waals surface area contributed by atoms with Crippen molar-refractivity contribution in [1.82, 2.24) is 14.1 Å². The van der Waals surface area contributed by atoms with Gasteiger partial charge in [-0.15, -0.1) is 0 Å². The molecule has 21 heavy (non-hydrogen) atoms. The molecule has 0 aliphatic heterocycles. The normalized spacial score (nSPS) is 17.8. The van der Waals surface area contributed by atoms with E-state index < -0.39 is 0 Å². The predicted molar refractivity (Wildman–Crippen MR) is 77.6 cm³/mol. The number of hydrogen-bond donors (Lipinski definition) is 0. The van der Waals surface area contributed by atoms with Gasteiger partial charge in [0.25, 0.3) is 5.56 Å². The lowest BCUT2D eigenvalue weighted by atomic mass is 9.94. The number of Topliss-reactive ketones (excluding diaryl/α,β-unsaturated/α-hetero) is 1. The van der Waals surface area contributed by atoms with Gasteiger partial charge < -0.3 is 9.13 Å². The summed E-state index contributed by atoms with van der Waals surface area (Å²) in [6.45, 7) is 0.506. The Morgan fingerprint density at radius 1 is 1.19 bits per heavy atom. The second kappa shape index (κ2) is 4.69. The number of pyridine rings is 1. The molecule has 1 saturated carbocycles. The molecule has 0 N–H and O–H groups in total. The summed E-state index contributed by atoms with van der Waals surface area (Å²) >= 11 is 0. The molecule has 108 valence electrons. The van der Waals surface area contributed by atoms with Gasteiger partial charge >= 0.3 is 0 Å². The van der Waals surface area contributed by atoms with Crippen molar-refractivity contribution in [1.29, 1.82) is 0 Å². The van der Waals surface area contributed by atoms with Crippen LogP contribution in [0.3, 0.4) is 0 Å². The summed E-state index contributed by atoms with van der Waals surface area (Å²) in [6, 6.07) is 3.74. The number of carbonyl (C=O) groups excluding carboxylic acids is 1. The van der Waals surface area contributed by atoms with Gasteiger partial charge in [0, 0.05) is 36.0 Å². The Morgan fingerprint density at radius 3 is 2.86 bits per heavy atom. The molecule has 0 aromatic carbocycles. The maximum absolute atomic E-state index is 12.2. The van der Waals surface area contributed by atoms with Crippen LogP contribution in [0.5, 0.6) is 0 Å². The molecule has 5 nitrogen and oxygen atoms in total. The maximum atomic E-state index is 12.2. The fourth-order valence-corrected chi connectivity index (χ4v) is 3.17. The van der Waals surface area contributed by atoms with Crippen LogP contribution in [-0.2, 0) is 13.0 Å². The van der Waals surface area contributed by atoms with Crippen molar-refractivity contribution in [2.75, 3.05) is 0 Å². The van der Waals surface area contributed by atoms with Crippen molar-refractivity contribution in [3.63, 3.8) is 0 Å². The lowest BCUT2D eigenvalue weighted by Crippen LogP contribution is -2.28. The first kappa shape index (κ1) is 12.6. The number of imidazole rings is 1. The molecule has 0 unspecified atom stereocenters. The van der Waals surface area contributed by atoms with E-state index >= 15 is 0 Å². The third-order valence-corrected chi connectivity index (χ3v) is 4.42. The van der Waals surface area contributed by atoms with Crippen LogP contribution >= 0.6 is 0 Å². The van der Waals surface area contributed by atoms with Crippen LogP contribution < -0.4 is 5.56 Å². The van der Waals surface area contributed by atoms with Crippen molar-refractivity contribution in [2.24, 2.45) is 0 Å². The predicted octanol–water partition coefficient (Wildman–Crippen LogP) is 1.95. The molecule has 0 radical (unpaired) electrons. The van der Waals surface area contributed by atoms with Crippen LogP contribution in [0.2, 0.25) is 0 Å². The Kier molecular flexibility index (Phi) is 2.80. The first-order valence-electron chi connectivity index (χ1n) is 7.50. The van der Waals surface area contributed by atoms with Gasteiger partial charge in [0.05, 0.1) is 18.6 Å². The van der Waals surface area contributed by atoms with E-state index in [1.54, 1.807) is 10.6 Å². The van der Waals surface area contributed by atoms with E-state index in [1.165, 1.54) is 18.9 Å². The minimum Gasteiger partial charge on any atom is -0.330 e. The summed E-state index contributed by atoms with van der Waals surface area (Å²) in [5.41, 5.74) is 2.62. The summed E-state index contributed by atoms with van der Waals surface area (Å²) in [5, 5.41) is 0. The summed E-state index contributed by atoms with van der Waals surface area (Å²) in [4.78, 5) is 28.5. The number of ketones is 1. The zero-order chi connectivity index (χ0) is 14.4. The lowest BCUT2D eigenvalue weighted by molar-refractivity contribution is 0.0970. The Balaban J connectivity index is 1.77. The van der Waals surface area contributed by atoms with Crippen molar-refractivity contribution < 1.29 is 4.79 Å². The van der Waals surface area contributed by atoms with Crippen molar-refractivity contribution in [2.45, 2.75) is 44.7 Å². The molecule has 2 aliphatic carbocycles. The topological polar surface area (TPSA) is 56.9 Å². The van der Waals surface area contributed by atoms with Crippen LogP contribution in [0, 0.1) is 0 Å². The van der Waals surface area contributed by atoms with Crippen molar-refractivity contribution >= 4 is 5.78 Å². The van der Waals surface area contributed by atoms with Gasteiger partial charge in [-0.3, -0.25) is 9.59 Å². The molecule has 0 atom stereocenters. The third kappa shape index (κ3) is 2.13. The third-order valence-electron chi connectivity index (χ3n) is 4.42. The van der Waals surface area contributed by atoms with Gasteiger partial charge in [-0.1, -0.05) is 0 Å². The first-order chi connectivity index (χ1) is 10.2. The summed E-state index contributed by atoms with van der Waals surface area (Å²) in [6.07, 6.45) is 8.26. The molecule has 2 aliphatic rings. The van der Waals surface area contributed by atoms with Crippen LogP contribution in [0.15, 0.2) is 29.5 Å². The molecule has 2 heterocycles. The molecule has 5 heteroatoms. The quantitative estimate of drug-likeness (QED) is 0.865. The summed E-state index contributed by atoms with van der Waals surface area (Å²) < 4.78 is 3.92. The summed E-state index contributed by atoms with van der Waals surface area (Å²) in [5.74, 6) is 0.153. The van der Waals surface area contributed by atoms with E-state index in [2.05, 4.69) is 9.55 Å². The molecule has 0 spiro atoms. The minimum absolute atomic E-state index is 0.0352. The molecule has 0 bridgehead atoms. The monoisotopic (exact) mass is 283 g/mol. The molecule has 2 aromatic heterocycles. The van der Waals surface area contributed by atoms with Crippen LogP contribution in [-0.4, -0.2) is 19.9 Å². The number of rotatable bonds is 3. The van der Waals surface area contributed by atoms with Gasteiger partial charge in [0.2, 0.25) is 0 Å². The van der Waals surface area contributed by atoms with Crippen LogP contribution in [0.25, 0.3) is 0 Å². The van der Waals surface area contributed by atoms with E-state index in [-0.39, 0.29) is 11.3 Å². The molecule has 0 saturated heterocycles. The minimum atomic E-state index is -0.0352. The van der Waals surface area contributed by atoms with Crippen molar-refractivity contribution in [3.05, 3.63) is 52.0 Å². The van der Waals surface area contributed by atoms with Gasteiger partial charge in [-0.05, 0) is 31.7 Å². The van der Waals surface area contributed by atoms with Gasteiger partial charge in [0.15, 0.2) is 5.78 Å². The van der Waals surface area contributed by atoms with Gasteiger partial charge in [0.1, 0.15) is 0 Å². The zero-order valence-electron chi connectivity index (χ0n) is 11.8. The SMILES string of the molecule is O=C1CCCc2c1ccc(=O)n2Cc1cncn1C1CC1. The molecule has 2 aromatic rings. The average molecular weight is 283 g/mol. The second-order valence-electron chi connectivity index (χ2n) is 5.92. The average Bonchev–Trinajstić information content (AvgIpc) is 3.22. The molecular formula is C16H17N3O2. The standard InChI is InChI=1S/C16H17N3O2/c20-15-3-1-2-14-13(15)6-7-16(21)18(14)9-12-8-17-10-19(12)11-4-5-11/h6-8,10-11H,1-5,9H2. The highest BCUT2D eigenvalue weighted by Gasteiger charge is 2.26. The van der Waals surface area contributed by atoms with E-state index in [0.717, 1.165) is 29.8 Å². The van der Waals surface area contributed by atoms with Crippen LogP contribution in [0.4, 0.5) is 0 Å². The number of carbonyl (C=O) groups is 1. The van der Waals surface area contributed by atoms with E-state index in [4.69, 9.17) is 0 Å². The highest BCUT2D eigenvalue weighted by molar-refractivity contribution is 5.97. The van der Waals surface area contributed by atoms with E-state index in [0.29, 0.717) is 19.0 Å². The Labute approximate surface area is 122 Å². The first-order valence-corrected chi connectivity index (χ1v) is 7.50. The van der Waals surface area contributed by atoms with E-state index in [9.17, 15) is 9.59 Å². The maximum Gasteiger partial charge on any atom is 0.251 e. The largest absolute Gasteiger partial charge is 0.330 e. The number of fused-ring (bicyclic) bond motifs is 1. The molecule has 1 fully saturated rings. The van der Waals surface area contributed by atoms with Crippen LogP contribution in [0.1, 0.15) is 53.5 Å². The lowest BCUT2D eigenvalue weighted by Gasteiger charge is -2.20. The zero-order valence-corrected chi connectivity index (χ0v) is 11.8. The second-order valence-corrected chi connectivity index (χ2v) is 5.92. The molecular weight excluding hydrogens is 266 g/mol. The Morgan fingerprint density at radius 2 is 2.05 bits per heavy atom. The highest BCUT2D eigenvalue weighted by atomic mass is 16.1. The fourth-order valence-electron chi connectivity index (χ4n) is 3.17. The molecule has 4 rings (SSSR count).